The van der Waals surface area contributed by atoms with Crippen molar-refractivity contribution >= 4 is 23.2 Å². The van der Waals surface area contributed by atoms with Crippen LogP contribution in [0.25, 0.3) is 0 Å². The second-order valence-electron chi connectivity index (χ2n) is 5.80. The third-order valence-corrected chi connectivity index (χ3v) is 3.25. The monoisotopic (exact) mass is 357 g/mol. The highest BCUT2D eigenvalue weighted by Gasteiger charge is 2.10. The molecular formula is C18H19N3O5. The van der Waals surface area contributed by atoms with Gasteiger partial charge >= 0.3 is 0 Å². The first kappa shape index (κ1) is 18.9. The van der Waals surface area contributed by atoms with E-state index in [1.807, 2.05) is 13.8 Å². The van der Waals surface area contributed by atoms with Crippen molar-refractivity contribution < 1.29 is 19.2 Å². The molecule has 8 nitrogen and oxygen atoms in total. The van der Waals surface area contributed by atoms with Gasteiger partial charge in [0.15, 0.2) is 6.61 Å². The number of nitro groups is 1. The van der Waals surface area contributed by atoms with Crippen molar-refractivity contribution in [2.45, 2.75) is 19.9 Å². The molecule has 0 spiro atoms. The molecule has 0 heterocycles. The molecule has 2 amide bonds. The summed E-state index contributed by atoms with van der Waals surface area (Å²) in [5.41, 5.74) is 0.852. The summed E-state index contributed by atoms with van der Waals surface area (Å²) in [4.78, 5) is 34.0. The number of nitrogens with zero attached hydrogens (tertiary/aromatic N) is 1. The first-order chi connectivity index (χ1) is 12.3. The molecule has 0 aliphatic heterocycles. The van der Waals surface area contributed by atoms with E-state index in [0.29, 0.717) is 17.0 Å². The van der Waals surface area contributed by atoms with Crippen LogP contribution < -0.4 is 15.4 Å². The zero-order valence-electron chi connectivity index (χ0n) is 14.4. The van der Waals surface area contributed by atoms with Gasteiger partial charge in [0.25, 0.3) is 17.5 Å². The van der Waals surface area contributed by atoms with E-state index in [9.17, 15) is 19.7 Å². The van der Waals surface area contributed by atoms with Crippen molar-refractivity contribution in [1.29, 1.82) is 0 Å². The van der Waals surface area contributed by atoms with Gasteiger partial charge in [0.05, 0.1) is 4.92 Å². The zero-order chi connectivity index (χ0) is 19.1. The lowest BCUT2D eigenvalue weighted by Crippen LogP contribution is -2.30. The molecule has 2 N–H and O–H groups in total. The lowest BCUT2D eigenvalue weighted by molar-refractivity contribution is -0.384. The molecule has 0 atom stereocenters. The molecule has 0 aromatic heterocycles. The summed E-state index contributed by atoms with van der Waals surface area (Å²) in [6.45, 7) is 3.46. The van der Waals surface area contributed by atoms with E-state index in [-0.39, 0.29) is 24.2 Å². The van der Waals surface area contributed by atoms with Crippen LogP contribution in [0, 0.1) is 10.1 Å². The Kier molecular flexibility index (Phi) is 6.26. The van der Waals surface area contributed by atoms with Gasteiger partial charge < -0.3 is 15.4 Å². The fourth-order valence-corrected chi connectivity index (χ4v) is 2.09. The average Bonchev–Trinajstić information content (AvgIpc) is 2.60. The van der Waals surface area contributed by atoms with Gasteiger partial charge in [-0.3, -0.25) is 19.7 Å². The highest BCUT2D eigenvalue weighted by Crippen LogP contribution is 2.17. The number of carbonyl (C=O) groups is 2. The zero-order valence-corrected chi connectivity index (χ0v) is 14.4. The largest absolute Gasteiger partial charge is 0.484 e. The third-order valence-electron chi connectivity index (χ3n) is 3.25. The smallest absolute Gasteiger partial charge is 0.269 e. The van der Waals surface area contributed by atoms with Crippen molar-refractivity contribution in [1.82, 2.24) is 5.32 Å². The minimum Gasteiger partial charge on any atom is -0.484 e. The Morgan fingerprint density at radius 1 is 1.15 bits per heavy atom. The summed E-state index contributed by atoms with van der Waals surface area (Å²) in [5, 5.41) is 16.0. The molecule has 0 bridgehead atoms. The molecule has 0 aliphatic rings. The molecule has 0 fully saturated rings. The summed E-state index contributed by atoms with van der Waals surface area (Å²) in [6, 6.07) is 12.0. The standard InChI is InChI=1S/C18H19N3O5/c1-12(2)19-18(23)13-4-3-5-14(10-13)20-17(22)11-26-16-8-6-15(7-9-16)21(24)25/h3-10,12H,11H2,1-2H3,(H,19,23)(H,20,22). The summed E-state index contributed by atoms with van der Waals surface area (Å²) >= 11 is 0. The average molecular weight is 357 g/mol. The fraction of sp³-hybridized carbons (Fsp3) is 0.222. The molecule has 136 valence electrons. The lowest BCUT2D eigenvalue weighted by atomic mass is 10.2. The molecule has 2 aromatic rings. The summed E-state index contributed by atoms with van der Waals surface area (Å²) in [5.74, 6) is -0.293. The molecular weight excluding hydrogens is 338 g/mol. The van der Waals surface area contributed by atoms with E-state index in [2.05, 4.69) is 10.6 Å². The van der Waals surface area contributed by atoms with Gasteiger partial charge in [-0.1, -0.05) is 6.07 Å². The Balaban J connectivity index is 1.91. The van der Waals surface area contributed by atoms with Gasteiger partial charge in [0.1, 0.15) is 5.75 Å². The number of rotatable bonds is 7. The van der Waals surface area contributed by atoms with Gasteiger partial charge in [-0.05, 0) is 44.2 Å². The number of nitrogens with one attached hydrogen (secondary N) is 2. The fourth-order valence-electron chi connectivity index (χ4n) is 2.09. The lowest BCUT2D eigenvalue weighted by Gasteiger charge is -2.10. The number of carbonyl (C=O) groups excluding carboxylic acids is 2. The number of anilines is 1. The van der Waals surface area contributed by atoms with Crippen LogP contribution in [0.15, 0.2) is 48.5 Å². The van der Waals surface area contributed by atoms with Crippen LogP contribution in [-0.4, -0.2) is 29.4 Å². The predicted molar refractivity (Wildman–Crippen MR) is 96.3 cm³/mol. The van der Waals surface area contributed by atoms with E-state index < -0.39 is 10.8 Å². The Morgan fingerprint density at radius 2 is 1.85 bits per heavy atom. The first-order valence-corrected chi connectivity index (χ1v) is 7.93. The molecule has 0 saturated carbocycles. The quantitative estimate of drug-likeness (QED) is 0.585. The number of ether oxygens (including phenoxy) is 1. The van der Waals surface area contributed by atoms with Crippen LogP contribution >= 0.6 is 0 Å². The van der Waals surface area contributed by atoms with E-state index in [4.69, 9.17) is 4.74 Å². The van der Waals surface area contributed by atoms with Gasteiger partial charge in [-0.2, -0.15) is 0 Å². The van der Waals surface area contributed by atoms with Crippen LogP contribution in [0.2, 0.25) is 0 Å². The Morgan fingerprint density at radius 3 is 2.46 bits per heavy atom. The Labute approximate surface area is 150 Å². The maximum Gasteiger partial charge on any atom is 0.269 e. The molecule has 8 heteroatoms. The van der Waals surface area contributed by atoms with Gasteiger partial charge in [-0.25, -0.2) is 0 Å². The number of nitro benzene ring substituents is 1. The Hall–Kier alpha value is -3.42. The first-order valence-electron chi connectivity index (χ1n) is 7.93. The maximum absolute atomic E-state index is 12.0. The van der Waals surface area contributed by atoms with Crippen LogP contribution in [0.5, 0.6) is 5.75 Å². The van der Waals surface area contributed by atoms with Gasteiger partial charge in [0, 0.05) is 29.4 Å². The minimum absolute atomic E-state index is 0.0100. The van der Waals surface area contributed by atoms with Crippen LogP contribution in [-0.2, 0) is 4.79 Å². The van der Waals surface area contributed by atoms with Crippen LogP contribution in [0.3, 0.4) is 0 Å². The number of hydrogen-bond donors (Lipinski definition) is 2. The topological polar surface area (TPSA) is 111 Å². The highest BCUT2D eigenvalue weighted by atomic mass is 16.6. The van der Waals surface area contributed by atoms with Gasteiger partial charge in [0.2, 0.25) is 0 Å². The van der Waals surface area contributed by atoms with E-state index >= 15 is 0 Å². The molecule has 2 rings (SSSR count). The summed E-state index contributed by atoms with van der Waals surface area (Å²) < 4.78 is 5.29. The van der Waals surface area contributed by atoms with Crippen molar-refractivity contribution in [3.63, 3.8) is 0 Å². The van der Waals surface area contributed by atoms with Crippen LogP contribution in [0.1, 0.15) is 24.2 Å². The Bertz CT molecular complexity index is 803. The normalized spacial score (nSPS) is 10.3. The summed E-state index contributed by atoms with van der Waals surface area (Å²) in [7, 11) is 0. The van der Waals surface area contributed by atoms with Crippen molar-refractivity contribution in [2.24, 2.45) is 0 Å². The molecule has 0 saturated heterocycles. The molecule has 0 unspecified atom stereocenters. The van der Waals surface area contributed by atoms with Crippen LogP contribution in [0.4, 0.5) is 11.4 Å². The number of amides is 2. The molecule has 0 radical (unpaired) electrons. The van der Waals surface area contributed by atoms with E-state index in [1.54, 1.807) is 24.3 Å². The van der Waals surface area contributed by atoms with Crippen molar-refractivity contribution in [3.05, 3.63) is 64.2 Å². The SMILES string of the molecule is CC(C)NC(=O)c1cccc(NC(=O)COc2ccc([N+](=O)[O-])cc2)c1. The molecule has 26 heavy (non-hydrogen) atoms. The van der Waals surface area contributed by atoms with E-state index in [1.165, 1.54) is 24.3 Å². The maximum atomic E-state index is 12.0. The third kappa shape index (κ3) is 5.59. The highest BCUT2D eigenvalue weighted by molar-refractivity contribution is 5.97. The number of non-ortho nitro benzene ring substituents is 1. The van der Waals surface area contributed by atoms with Crippen molar-refractivity contribution in [3.8, 4) is 5.75 Å². The molecule has 0 aliphatic carbocycles. The minimum atomic E-state index is -0.515. The second kappa shape index (κ2) is 8.61. The molecule has 2 aromatic carbocycles. The van der Waals surface area contributed by atoms with E-state index in [0.717, 1.165) is 0 Å². The van der Waals surface area contributed by atoms with Crippen molar-refractivity contribution in [2.75, 3.05) is 11.9 Å². The summed E-state index contributed by atoms with van der Waals surface area (Å²) in [6.07, 6.45) is 0. The number of hydrogen-bond acceptors (Lipinski definition) is 5. The predicted octanol–water partition coefficient (Wildman–Crippen LogP) is 2.75. The number of benzene rings is 2. The van der Waals surface area contributed by atoms with Gasteiger partial charge in [-0.15, -0.1) is 0 Å². The second-order valence-corrected chi connectivity index (χ2v) is 5.80.